The number of methoxy groups -OCH3 is 1. The predicted molar refractivity (Wildman–Crippen MR) is 109 cm³/mol. The van der Waals surface area contributed by atoms with E-state index in [9.17, 15) is 9.59 Å². The fraction of sp³-hybridized carbons (Fsp3) is 0.200. The molecule has 0 N–H and O–H groups in total. The number of amides is 1. The van der Waals surface area contributed by atoms with Gasteiger partial charge < -0.3 is 14.1 Å². The third-order valence-corrected chi connectivity index (χ3v) is 6.22. The van der Waals surface area contributed by atoms with Gasteiger partial charge in [0, 0.05) is 27.7 Å². The predicted octanol–water partition coefficient (Wildman–Crippen LogP) is 4.45. The monoisotopic (exact) mass is 445 g/mol. The molecule has 1 atom stereocenters. The standard InChI is InChI=1S/C20H16BrNO4S/c1-25-17-7-6-13(21)11-14(17)19-22(8-9-27-19)18(23)15-10-12-4-2-3-5-16(12)26-20(15)24/h2-7,10-11,19H,8-9H2,1H3/t19-/m0/s1. The number of para-hydroxylation sites is 1. The summed E-state index contributed by atoms with van der Waals surface area (Å²) in [7, 11) is 1.61. The molecule has 2 heterocycles. The number of hydrogen-bond acceptors (Lipinski definition) is 5. The van der Waals surface area contributed by atoms with Crippen LogP contribution in [0.15, 0.2) is 62.2 Å². The third kappa shape index (κ3) is 3.37. The van der Waals surface area contributed by atoms with Crippen molar-refractivity contribution in [2.75, 3.05) is 19.4 Å². The Labute approximate surface area is 168 Å². The number of halogens is 1. The zero-order chi connectivity index (χ0) is 19.0. The van der Waals surface area contributed by atoms with Crippen molar-refractivity contribution < 1.29 is 13.9 Å². The second kappa shape index (κ2) is 7.40. The lowest BCUT2D eigenvalue weighted by Gasteiger charge is -2.25. The maximum atomic E-state index is 13.2. The van der Waals surface area contributed by atoms with Gasteiger partial charge in [0.25, 0.3) is 5.91 Å². The zero-order valence-corrected chi connectivity index (χ0v) is 16.9. The molecule has 1 amide bonds. The minimum absolute atomic E-state index is 0.0511. The fourth-order valence-corrected chi connectivity index (χ4v) is 4.85. The van der Waals surface area contributed by atoms with Crippen LogP contribution >= 0.6 is 27.7 Å². The summed E-state index contributed by atoms with van der Waals surface area (Å²) >= 11 is 5.13. The number of fused-ring (bicyclic) bond motifs is 1. The van der Waals surface area contributed by atoms with Gasteiger partial charge in [-0.3, -0.25) is 4.79 Å². The first kappa shape index (κ1) is 18.1. The van der Waals surface area contributed by atoms with Crippen LogP contribution in [-0.2, 0) is 0 Å². The van der Waals surface area contributed by atoms with E-state index >= 15 is 0 Å². The average molecular weight is 446 g/mol. The smallest absolute Gasteiger partial charge is 0.349 e. The molecular weight excluding hydrogens is 430 g/mol. The van der Waals surface area contributed by atoms with Gasteiger partial charge in [-0.1, -0.05) is 34.1 Å². The summed E-state index contributed by atoms with van der Waals surface area (Å²) in [5.74, 6) is 1.16. The Balaban J connectivity index is 1.75. The lowest BCUT2D eigenvalue weighted by atomic mass is 10.1. The van der Waals surface area contributed by atoms with E-state index in [0.29, 0.717) is 17.9 Å². The van der Waals surface area contributed by atoms with Gasteiger partial charge in [0.1, 0.15) is 22.3 Å². The second-order valence-corrected chi connectivity index (χ2v) is 8.20. The van der Waals surface area contributed by atoms with Crippen molar-refractivity contribution in [2.45, 2.75) is 5.37 Å². The molecule has 138 valence electrons. The molecule has 3 aromatic rings. The van der Waals surface area contributed by atoms with E-state index in [-0.39, 0.29) is 16.8 Å². The Hall–Kier alpha value is -2.25. The molecule has 0 radical (unpaired) electrons. The molecule has 1 aliphatic rings. The summed E-state index contributed by atoms with van der Waals surface area (Å²) < 4.78 is 11.7. The molecule has 7 heteroatoms. The number of carbonyl (C=O) groups is 1. The van der Waals surface area contributed by atoms with Gasteiger partial charge in [-0.2, -0.15) is 0 Å². The van der Waals surface area contributed by atoms with E-state index in [4.69, 9.17) is 9.15 Å². The van der Waals surface area contributed by atoms with E-state index in [2.05, 4.69) is 15.9 Å². The molecule has 0 saturated carbocycles. The van der Waals surface area contributed by atoms with Crippen LogP contribution in [0.1, 0.15) is 21.3 Å². The molecule has 0 aliphatic carbocycles. The van der Waals surface area contributed by atoms with E-state index in [1.807, 2.05) is 30.3 Å². The van der Waals surface area contributed by atoms with Crippen LogP contribution in [0.5, 0.6) is 5.75 Å². The summed E-state index contributed by atoms with van der Waals surface area (Å²) in [6, 6.07) is 14.5. The molecular formula is C20H16BrNO4S. The highest BCUT2D eigenvalue weighted by Gasteiger charge is 2.34. The molecule has 1 aromatic heterocycles. The molecule has 27 heavy (non-hydrogen) atoms. The molecule has 1 saturated heterocycles. The van der Waals surface area contributed by atoms with Gasteiger partial charge in [-0.15, -0.1) is 11.8 Å². The third-order valence-electron chi connectivity index (χ3n) is 4.48. The van der Waals surface area contributed by atoms with Crippen LogP contribution in [0.4, 0.5) is 0 Å². The number of rotatable bonds is 3. The van der Waals surface area contributed by atoms with Crippen molar-refractivity contribution in [3.05, 3.63) is 74.6 Å². The van der Waals surface area contributed by atoms with Crippen molar-refractivity contribution in [3.8, 4) is 5.75 Å². The number of ether oxygens (including phenoxy) is 1. The maximum Gasteiger partial charge on any atom is 0.349 e. The summed E-state index contributed by atoms with van der Waals surface area (Å²) in [5, 5.41) is 0.500. The van der Waals surface area contributed by atoms with Crippen molar-refractivity contribution in [2.24, 2.45) is 0 Å². The topological polar surface area (TPSA) is 59.8 Å². The van der Waals surface area contributed by atoms with Gasteiger partial charge in [0.2, 0.25) is 0 Å². The number of thioether (sulfide) groups is 1. The molecule has 1 aliphatic heterocycles. The summed E-state index contributed by atoms with van der Waals surface area (Å²) in [5.41, 5.74) is 0.804. The Morgan fingerprint density at radius 3 is 2.89 bits per heavy atom. The molecule has 4 rings (SSSR count). The first-order valence-electron chi connectivity index (χ1n) is 8.37. The van der Waals surface area contributed by atoms with E-state index in [0.717, 1.165) is 21.2 Å². The summed E-state index contributed by atoms with van der Waals surface area (Å²) in [6.07, 6.45) is 0. The first-order valence-corrected chi connectivity index (χ1v) is 10.2. The average Bonchev–Trinajstić information content (AvgIpc) is 3.16. The largest absolute Gasteiger partial charge is 0.496 e. The fourth-order valence-electron chi connectivity index (χ4n) is 3.20. The number of benzene rings is 2. The SMILES string of the molecule is COc1ccc(Br)cc1[C@@H]1SCCN1C(=O)c1cc2ccccc2oc1=O. The van der Waals surface area contributed by atoms with Crippen LogP contribution in [0.2, 0.25) is 0 Å². The Bertz CT molecular complexity index is 1080. The Morgan fingerprint density at radius 2 is 2.07 bits per heavy atom. The van der Waals surface area contributed by atoms with E-state index in [1.54, 1.807) is 42.0 Å². The zero-order valence-electron chi connectivity index (χ0n) is 14.5. The van der Waals surface area contributed by atoms with E-state index < -0.39 is 5.63 Å². The molecule has 1 fully saturated rings. The van der Waals surface area contributed by atoms with Crippen molar-refractivity contribution in [3.63, 3.8) is 0 Å². The minimum atomic E-state index is -0.615. The van der Waals surface area contributed by atoms with Crippen molar-refractivity contribution in [1.29, 1.82) is 0 Å². The molecule has 0 unspecified atom stereocenters. The van der Waals surface area contributed by atoms with Crippen LogP contribution in [0.25, 0.3) is 11.0 Å². The lowest BCUT2D eigenvalue weighted by molar-refractivity contribution is 0.0755. The van der Waals surface area contributed by atoms with Crippen molar-refractivity contribution in [1.82, 2.24) is 4.90 Å². The van der Waals surface area contributed by atoms with Crippen LogP contribution < -0.4 is 10.4 Å². The van der Waals surface area contributed by atoms with Gasteiger partial charge in [0.15, 0.2) is 0 Å². The van der Waals surface area contributed by atoms with Crippen molar-refractivity contribution >= 4 is 44.6 Å². The van der Waals surface area contributed by atoms with Gasteiger partial charge in [-0.05, 0) is 30.3 Å². The minimum Gasteiger partial charge on any atom is -0.496 e. The normalized spacial score (nSPS) is 16.7. The maximum absolute atomic E-state index is 13.2. The number of carbonyl (C=O) groups excluding carboxylic acids is 1. The number of nitrogens with zero attached hydrogens (tertiary/aromatic N) is 1. The molecule has 0 spiro atoms. The highest BCUT2D eigenvalue weighted by Crippen LogP contribution is 2.43. The van der Waals surface area contributed by atoms with Gasteiger partial charge >= 0.3 is 5.63 Å². The Kier molecular flexibility index (Phi) is 4.97. The second-order valence-electron chi connectivity index (χ2n) is 6.09. The number of hydrogen-bond donors (Lipinski definition) is 0. The van der Waals surface area contributed by atoms with Gasteiger partial charge in [0.05, 0.1) is 7.11 Å². The summed E-state index contributed by atoms with van der Waals surface area (Å²) in [4.78, 5) is 27.3. The van der Waals surface area contributed by atoms with Crippen LogP contribution in [-0.4, -0.2) is 30.2 Å². The highest BCUT2D eigenvalue weighted by molar-refractivity contribution is 9.10. The highest BCUT2D eigenvalue weighted by atomic mass is 79.9. The molecule has 0 bridgehead atoms. The van der Waals surface area contributed by atoms with Crippen LogP contribution in [0, 0.1) is 0 Å². The lowest BCUT2D eigenvalue weighted by Crippen LogP contribution is -2.33. The first-order chi connectivity index (χ1) is 13.1. The quantitative estimate of drug-likeness (QED) is 0.557. The van der Waals surface area contributed by atoms with Crippen LogP contribution in [0.3, 0.4) is 0 Å². The Morgan fingerprint density at radius 1 is 1.26 bits per heavy atom. The molecule has 2 aromatic carbocycles. The van der Waals surface area contributed by atoms with Gasteiger partial charge in [-0.25, -0.2) is 4.79 Å². The summed E-state index contributed by atoms with van der Waals surface area (Å²) in [6.45, 7) is 0.552. The van der Waals surface area contributed by atoms with E-state index in [1.165, 1.54) is 0 Å². The molecule has 5 nitrogen and oxygen atoms in total.